The van der Waals surface area contributed by atoms with Crippen molar-refractivity contribution in [2.45, 2.75) is 32.7 Å². The molecule has 1 aromatic carbocycles. The fourth-order valence-corrected chi connectivity index (χ4v) is 3.67. The van der Waals surface area contributed by atoms with Crippen LogP contribution in [0.15, 0.2) is 35.0 Å². The maximum Gasteiger partial charge on any atom is 0.249 e. The molecule has 120 valence electrons. The molecule has 5 heteroatoms. The lowest BCUT2D eigenvalue weighted by Crippen LogP contribution is -2.42. The van der Waals surface area contributed by atoms with Crippen LogP contribution >= 0.6 is 11.3 Å². The number of thiophene rings is 1. The summed E-state index contributed by atoms with van der Waals surface area (Å²) in [6, 6.07) is 7.63. The number of carbonyl (C=O) groups is 2. The summed E-state index contributed by atoms with van der Waals surface area (Å²) in [5.74, 6) is -0.113. The molecule has 0 saturated carbocycles. The summed E-state index contributed by atoms with van der Waals surface area (Å²) in [4.78, 5) is 26.4. The van der Waals surface area contributed by atoms with Crippen LogP contribution in [0.3, 0.4) is 0 Å². The molecule has 0 radical (unpaired) electrons. The maximum absolute atomic E-state index is 12.6. The second-order valence-electron chi connectivity index (χ2n) is 6.05. The van der Waals surface area contributed by atoms with Crippen LogP contribution in [0, 0.1) is 13.8 Å². The number of rotatable bonds is 4. The van der Waals surface area contributed by atoms with Gasteiger partial charge in [0.1, 0.15) is 6.04 Å². The molecule has 2 amide bonds. The average molecular weight is 328 g/mol. The summed E-state index contributed by atoms with van der Waals surface area (Å²) < 4.78 is 0. The minimum atomic E-state index is -0.415. The van der Waals surface area contributed by atoms with E-state index >= 15 is 0 Å². The highest BCUT2D eigenvalue weighted by molar-refractivity contribution is 7.08. The van der Waals surface area contributed by atoms with Crippen LogP contribution in [0.5, 0.6) is 0 Å². The Labute approximate surface area is 140 Å². The van der Waals surface area contributed by atoms with Crippen LogP contribution in [0.25, 0.3) is 0 Å². The minimum absolute atomic E-state index is 0.0198. The van der Waals surface area contributed by atoms with Crippen molar-refractivity contribution in [1.29, 1.82) is 0 Å². The van der Waals surface area contributed by atoms with E-state index in [1.54, 1.807) is 16.2 Å². The van der Waals surface area contributed by atoms with E-state index in [-0.39, 0.29) is 11.8 Å². The first-order valence-electron chi connectivity index (χ1n) is 7.73. The SMILES string of the molecule is Cc1cc(C)cc(N2CC[C@H](NC(=O)Cc3ccsc3)C2=O)c1. The van der Waals surface area contributed by atoms with Gasteiger partial charge in [-0.05, 0) is 65.9 Å². The molecule has 23 heavy (non-hydrogen) atoms. The van der Waals surface area contributed by atoms with Gasteiger partial charge in [-0.1, -0.05) is 6.07 Å². The van der Waals surface area contributed by atoms with Crippen LogP contribution in [0.4, 0.5) is 5.69 Å². The summed E-state index contributed by atoms with van der Waals surface area (Å²) in [6.07, 6.45) is 0.984. The van der Waals surface area contributed by atoms with Crippen molar-refractivity contribution in [3.05, 3.63) is 51.7 Å². The molecule has 2 aromatic rings. The van der Waals surface area contributed by atoms with Crippen molar-refractivity contribution in [3.8, 4) is 0 Å². The standard InChI is InChI=1S/C18H20N2O2S/c1-12-7-13(2)9-15(8-12)20-5-3-16(18(20)22)19-17(21)10-14-4-6-23-11-14/h4,6-9,11,16H,3,5,10H2,1-2H3,(H,19,21)/t16-/m0/s1. The lowest BCUT2D eigenvalue weighted by atomic mass is 10.1. The number of amides is 2. The predicted molar refractivity (Wildman–Crippen MR) is 92.8 cm³/mol. The highest BCUT2D eigenvalue weighted by Gasteiger charge is 2.33. The quantitative estimate of drug-likeness (QED) is 0.938. The van der Waals surface area contributed by atoms with Gasteiger partial charge in [0.05, 0.1) is 6.42 Å². The smallest absolute Gasteiger partial charge is 0.249 e. The normalized spacial score (nSPS) is 17.6. The Balaban J connectivity index is 1.65. The van der Waals surface area contributed by atoms with Gasteiger partial charge < -0.3 is 10.2 Å². The monoisotopic (exact) mass is 328 g/mol. The van der Waals surface area contributed by atoms with Gasteiger partial charge in [-0.3, -0.25) is 9.59 Å². The number of anilines is 1. The molecular weight excluding hydrogens is 308 g/mol. The Hall–Kier alpha value is -2.14. The summed E-state index contributed by atoms with van der Waals surface area (Å²) >= 11 is 1.57. The van der Waals surface area contributed by atoms with Gasteiger partial charge in [0.15, 0.2) is 0 Å². The third kappa shape index (κ3) is 3.62. The zero-order valence-corrected chi connectivity index (χ0v) is 14.2. The molecule has 4 nitrogen and oxygen atoms in total. The van der Waals surface area contributed by atoms with E-state index in [4.69, 9.17) is 0 Å². The van der Waals surface area contributed by atoms with Crippen molar-refractivity contribution >= 4 is 28.8 Å². The van der Waals surface area contributed by atoms with E-state index in [9.17, 15) is 9.59 Å². The second kappa shape index (κ2) is 6.54. The Bertz CT molecular complexity index is 704. The molecule has 1 atom stereocenters. The van der Waals surface area contributed by atoms with Crippen molar-refractivity contribution in [2.75, 3.05) is 11.4 Å². The van der Waals surface area contributed by atoms with Gasteiger partial charge >= 0.3 is 0 Å². The van der Waals surface area contributed by atoms with Crippen LogP contribution in [0.2, 0.25) is 0 Å². The number of nitrogens with zero attached hydrogens (tertiary/aromatic N) is 1. The molecule has 1 aliphatic heterocycles. The number of aryl methyl sites for hydroxylation is 2. The Morgan fingerprint density at radius 2 is 2.04 bits per heavy atom. The van der Waals surface area contributed by atoms with E-state index in [2.05, 4.69) is 11.4 Å². The second-order valence-corrected chi connectivity index (χ2v) is 6.83. The minimum Gasteiger partial charge on any atom is -0.344 e. The highest BCUT2D eigenvalue weighted by atomic mass is 32.1. The van der Waals surface area contributed by atoms with E-state index < -0.39 is 6.04 Å². The van der Waals surface area contributed by atoms with Crippen LogP contribution < -0.4 is 10.2 Å². The van der Waals surface area contributed by atoms with Crippen molar-refractivity contribution in [1.82, 2.24) is 5.32 Å². The number of nitrogens with one attached hydrogen (secondary N) is 1. The van der Waals surface area contributed by atoms with E-state index in [1.807, 2.05) is 42.8 Å². The van der Waals surface area contributed by atoms with Gasteiger partial charge in [-0.2, -0.15) is 11.3 Å². The first kappa shape index (κ1) is 15.7. The Morgan fingerprint density at radius 1 is 1.30 bits per heavy atom. The summed E-state index contributed by atoms with van der Waals surface area (Å²) in [6.45, 7) is 4.69. The Morgan fingerprint density at radius 3 is 2.70 bits per heavy atom. The van der Waals surface area contributed by atoms with Gasteiger partial charge in [0.25, 0.3) is 0 Å². The average Bonchev–Trinajstić information content (AvgIpc) is 3.09. The lowest BCUT2D eigenvalue weighted by Gasteiger charge is -2.18. The predicted octanol–water partition coefficient (Wildman–Crippen LogP) is 2.83. The van der Waals surface area contributed by atoms with Crippen LogP contribution in [0.1, 0.15) is 23.1 Å². The van der Waals surface area contributed by atoms with Crippen LogP contribution in [-0.2, 0) is 16.0 Å². The fraction of sp³-hybridized carbons (Fsp3) is 0.333. The number of carbonyl (C=O) groups excluding carboxylic acids is 2. The fourth-order valence-electron chi connectivity index (χ4n) is 3.00. The molecule has 0 unspecified atom stereocenters. The number of hydrogen-bond donors (Lipinski definition) is 1. The molecule has 2 heterocycles. The van der Waals surface area contributed by atoms with Crippen molar-refractivity contribution in [3.63, 3.8) is 0 Å². The summed E-state index contributed by atoms with van der Waals surface area (Å²) in [5, 5.41) is 6.78. The zero-order valence-electron chi connectivity index (χ0n) is 13.3. The highest BCUT2D eigenvalue weighted by Crippen LogP contribution is 2.24. The number of benzene rings is 1. The van der Waals surface area contributed by atoms with Gasteiger partial charge in [-0.15, -0.1) is 0 Å². The molecule has 1 aromatic heterocycles. The first-order valence-corrected chi connectivity index (χ1v) is 8.67. The largest absolute Gasteiger partial charge is 0.344 e. The molecule has 3 rings (SSSR count). The molecule has 1 fully saturated rings. The van der Waals surface area contributed by atoms with E-state index in [0.29, 0.717) is 19.4 Å². The zero-order chi connectivity index (χ0) is 16.4. The van der Waals surface area contributed by atoms with Gasteiger partial charge in [-0.25, -0.2) is 0 Å². The molecule has 0 bridgehead atoms. The van der Waals surface area contributed by atoms with Crippen molar-refractivity contribution in [2.24, 2.45) is 0 Å². The topological polar surface area (TPSA) is 49.4 Å². The third-order valence-corrected chi connectivity index (χ3v) is 4.74. The Kier molecular flexibility index (Phi) is 4.48. The summed E-state index contributed by atoms with van der Waals surface area (Å²) in [5.41, 5.74) is 4.18. The van der Waals surface area contributed by atoms with Gasteiger partial charge in [0, 0.05) is 12.2 Å². The molecule has 0 aliphatic carbocycles. The molecular formula is C18H20N2O2S. The molecule has 1 saturated heterocycles. The third-order valence-electron chi connectivity index (χ3n) is 4.00. The summed E-state index contributed by atoms with van der Waals surface area (Å²) in [7, 11) is 0. The van der Waals surface area contributed by atoms with Gasteiger partial charge in [0.2, 0.25) is 11.8 Å². The maximum atomic E-state index is 12.6. The molecule has 0 spiro atoms. The van der Waals surface area contributed by atoms with E-state index in [0.717, 1.165) is 22.4 Å². The van der Waals surface area contributed by atoms with Crippen LogP contribution in [-0.4, -0.2) is 24.4 Å². The van der Waals surface area contributed by atoms with Crippen molar-refractivity contribution < 1.29 is 9.59 Å². The molecule has 1 N–H and O–H groups in total. The first-order chi connectivity index (χ1) is 11.0. The number of hydrogen-bond acceptors (Lipinski definition) is 3. The van der Waals surface area contributed by atoms with E-state index in [1.165, 1.54) is 0 Å². The molecule has 1 aliphatic rings. The lowest BCUT2D eigenvalue weighted by molar-refractivity contribution is -0.126.